The van der Waals surface area contributed by atoms with Gasteiger partial charge in [-0.15, -0.1) is 0 Å². The molecule has 0 radical (unpaired) electrons. The Morgan fingerprint density at radius 1 is 0.667 bits per heavy atom. The van der Waals surface area contributed by atoms with E-state index >= 15 is 0 Å². The van der Waals surface area contributed by atoms with E-state index in [1.54, 1.807) is 12.1 Å². The maximum absolute atomic E-state index is 12.0. The fourth-order valence-electron chi connectivity index (χ4n) is 5.11. The summed E-state index contributed by atoms with van der Waals surface area (Å²) in [4.78, 5) is 26.0. The van der Waals surface area contributed by atoms with E-state index in [-0.39, 0.29) is 5.91 Å². The number of carbonyl (C=O) groups excluding carboxylic acids is 1. The third-order valence-corrected chi connectivity index (χ3v) is 7.23. The van der Waals surface area contributed by atoms with Gasteiger partial charge in [-0.2, -0.15) is 15.0 Å². The standard InChI is InChI=1S/C29H45N7O3/c37-26(23-11-5-4-6-12-23)30-17-19-38-21-22-39-20-18-31-27-34-28(32-24-13-7-2-1-3-8-14-24)36-29(35-27)33-25-15-9-10-16-25/h4-6,11-12,24-25H,1-3,7-10,13-22H2,(H,30,37)(H3,31,32,33,34,35,36). The molecule has 1 amide bonds. The Morgan fingerprint density at radius 3 is 1.79 bits per heavy atom. The van der Waals surface area contributed by atoms with E-state index in [0.717, 1.165) is 25.7 Å². The quantitative estimate of drug-likeness (QED) is 0.240. The van der Waals surface area contributed by atoms with Gasteiger partial charge in [0.05, 0.1) is 26.4 Å². The lowest BCUT2D eigenvalue weighted by Crippen LogP contribution is -2.27. The molecule has 0 unspecified atom stereocenters. The van der Waals surface area contributed by atoms with Crippen LogP contribution in [0.2, 0.25) is 0 Å². The molecule has 0 aliphatic heterocycles. The molecule has 10 nitrogen and oxygen atoms in total. The third kappa shape index (κ3) is 11.0. The molecule has 1 aromatic heterocycles. The first-order valence-electron chi connectivity index (χ1n) is 14.8. The summed E-state index contributed by atoms with van der Waals surface area (Å²) in [5.41, 5.74) is 0.649. The molecular formula is C29H45N7O3. The van der Waals surface area contributed by atoms with E-state index < -0.39 is 0 Å². The molecule has 39 heavy (non-hydrogen) atoms. The topological polar surface area (TPSA) is 122 Å². The molecule has 2 aliphatic rings. The van der Waals surface area contributed by atoms with Gasteiger partial charge in [0.15, 0.2) is 0 Å². The van der Waals surface area contributed by atoms with Crippen LogP contribution >= 0.6 is 0 Å². The zero-order valence-corrected chi connectivity index (χ0v) is 23.1. The molecule has 4 N–H and O–H groups in total. The minimum atomic E-state index is -0.0931. The van der Waals surface area contributed by atoms with E-state index in [9.17, 15) is 4.79 Å². The van der Waals surface area contributed by atoms with Gasteiger partial charge in [0, 0.05) is 30.7 Å². The highest BCUT2D eigenvalue weighted by molar-refractivity contribution is 5.94. The lowest BCUT2D eigenvalue weighted by Gasteiger charge is -2.22. The number of ether oxygens (including phenoxy) is 2. The van der Waals surface area contributed by atoms with E-state index in [1.165, 1.54) is 44.9 Å². The van der Waals surface area contributed by atoms with Gasteiger partial charge in [0.1, 0.15) is 0 Å². The summed E-state index contributed by atoms with van der Waals surface area (Å²) < 4.78 is 11.2. The first-order chi connectivity index (χ1) is 19.3. The van der Waals surface area contributed by atoms with Crippen molar-refractivity contribution in [1.82, 2.24) is 20.3 Å². The third-order valence-electron chi connectivity index (χ3n) is 7.23. The van der Waals surface area contributed by atoms with Crippen LogP contribution in [-0.2, 0) is 9.47 Å². The van der Waals surface area contributed by atoms with Crippen LogP contribution in [-0.4, -0.2) is 72.5 Å². The number of hydrogen-bond donors (Lipinski definition) is 4. The minimum absolute atomic E-state index is 0.0931. The second-order valence-corrected chi connectivity index (χ2v) is 10.4. The van der Waals surface area contributed by atoms with Crippen molar-refractivity contribution in [2.75, 3.05) is 55.5 Å². The average molecular weight is 540 g/mol. The maximum Gasteiger partial charge on any atom is 0.251 e. The molecule has 0 spiro atoms. The number of amides is 1. The molecule has 2 aliphatic carbocycles. The molecule has 214 valence electrons. The summed E-state index contributed by atoms with van der Waals surface area (Å²) in [6.45, 7) is 2.95. The van der Waals surface area contributed by atoms with Crippen molar-refractivity contribution in [1.29, 1.82) is 0 Å². The van der Waals surface area contributed by atoms with E-state index in [4.69, 9.17) is 14.5 Å². The Bertz CT molecular complexity index is 965. The van der Waals surface area contributed by atoms with Gasteiger partial charge in [-0.25, -0.2) is 0 Å². The lowest BCUT2D eigenvalue weighted by atomic mass is 9.97. The normalized spacial score (nSPS) is 16.8. The highest BCUT2D eigenvalue weighted by Gasteiger charge is 2.18. The molecule has 10 heteroatoms. The van der Waals surface area contributed by atoms with E-state index in [1.807, 2.05) is 18.2 Å². The largest absolute Gasteiger partial charge is 0.377 e. The molecule has 2 saturated carbocycles. The van der Waals surface area contributed by atoms with Crippen LogP contribution in [0.4, 0.5) is 17.8 Å². The summed E-state index contributed by atoms with van der Waals surface area (Å²) in [5.74, 6) is 1.76. The second-order valence-electron chi connectivity index (χ2n) is 10.4. The molecule has 2 fully saturated rings. The summed E-state index contributed by atoms with van der Waals surface area (Å²) in [6, 6.07) is 10.0. The zero-order chi connectivity index (χ0) is 27.0. The SMILES string of the molecule is O=C(NCCOCCOCCNc1nc(NC2CCCCCCC2)nc(NC2CCCC2)n1)c1ccccc1. The van der Waals surface area contributed by atoms with Crippen LogP contribution in [0.15, 0.2) is 30.3 Å². The highest BCUT2D eigenvalue weighted by atomic mass is 16.5. The number of nitrogens with zero attached hydrogens (tertiary/aromatic N) is 3. The first-order valence-corrected chi connectivity index (χ1v) is 14.8. The van der Waals surface area contributed by atoms with Crippen LogP contribution in [0.5, 0.6) is 0 Å². The van der Waals surface area contributed by atoms with Crippen LogP contribution in [0.1, 0.15) is 81.0 Å². The van der Waals surface area contributed by atoms with Crippen LogP contribution in [0.3, 0.4) is 0 Å². The molecule has 0 atom stereocenters. The number of anilines is 3. The highest BCUT2D eigenvalue weighted by Crippen LogP contribution is 2.23. The van der Waals surface area contributed by atoms with Crippen molar-refractivity contribution in [3.05, 3.63) is 35.9 Å². The molecule has 1 heterocycles. The summed E-state index contributed by atoms with van der Waals surface area (Å²) >= 11 is 0. The molecule has 0 saturated heterocycles. The van der Waals surface area contributed by atoms with Crippen molar-refractivity contribution in [2.24, 2.45) is 0 Å². The fourth-order valence-corrected chi connectivity index (χ4v) is 5.11. The predicted octanol–water partition coefficient (Wildman–Crippen LogP) is 4.63. The Balaban J connectivity index is 1.14. The summed E-state index contributed by atoms with van der Waals surface area (Å²) in [5, 5.41) is 13.2. The number of rotatable bonds is 15. The first kappa shape index (κ1) is 29.0. The number of benzene rings is 1. The molecule has 0 bridgehead atoms. The Kier molecular flexibility index (Phi) is 12.5. The van der Waals surface area contributed by atoms with Crippen LogP contribution < -0.4 is 21.3 Å². The van der Waals surface area contributed by atoms with Crippen molar-refractivity contribution < 1.29 is 14.3 Å². The number of carbonyl (C=O) groups is 1. The minimum Gasteiger partial charge on any atom is -0.377 e. The van der Waals surface area contributed by atoms with Crippen LogP contribution in [0.25, 0.3) is 0 Å². The van der Waals surface area contributed by atoms with E-state index in [2.05, 4.69) is 31.2 Å². The van der Waals surface area contributed by atoms with Gasteiger partial charge in [-0.1, -0.05) is 63.1 Å². The number of hydrogen-bond acceptors (Lipinski definition) is 9. The second kappa shape index (κ2) is 16.9. The number of aromatic nitrogens is 3. The molecule has 2 aromatic rings. The van der Waals surface area contributed by atoms with Crippen molar-refractivity contribution in [2.45, 2.75) is 82.7 Å². The van der Waals surface area contributed by atoms with Gasteiger partial charge >= 0.3 is 0 Å². The maximum atomic E-state index is 12.0. The Labute approximate surface area is 232 Å². The Hall–Kier alpha value is -2.98. The molecular weight excluding hydrogens is 494 g/mol. The van der Waals surface area contributed by atoms with Gasteiger partial charge < -0.3 is 30.7 Å². The number of nitrogens with one attached hydrogen (secondary N) is 4. The van der Waals surface area contributed by atoms with E-state index in [0.29, 0.717) is 75.0 Å². The van der Waals surface area contributed by atoms with Gasteiger partial charge in [0.2, 0.25) is 17.8 Å². The summed E-state index contributed by atoms with van der Waals surface area (Å²) in [6.07, 6.45) is 13.6. The summed E-state index contributed by atoms with van der Waals surface area (Å²) in [7, 11) is 0. The molecule has 1 aromatic carbocycles. The fraction of sp³-hybridized carbons (Fsp3) is 0.655. The smallest absolute Gasteiger partial charge is 0.251 e. The van der Waals surface area contributed by atoms with Crippen molar-refractivity contribution >= 4 is 23.8 Å². The lowest BCUT2D eigenvalue weighted by molar-refractivity contribution is 0.0519. The Morgan fingerprint density at radius 2 is 1.18 bits per heavy atom. The monoisotopic (exact) mass is 539 g/mol. The predicted molar refractivity (Wildman–Crippen MR) is 154 cm³/mol. The molecule has 4 rings (SSSR count). The van der Waals surface area contributed by atoms with Crippen molar-refractivity contribution in [3.8, 4) is 0 Å². The van der Waals surface area contributed by atoms with Gasteiger partial charge in [0.25, 0.3) is 5.91 Å². The van der Waals surface area contributed by atoms with Crippen molar-refractivity contribution in [3.63, 3.8) is 0 Å². The van der Waals surface area contributed by atoms with Crippen LogP contribution in [0, 0.1) is 0 Å². The van der Waals surface area contributed by atoms with Gasteiger partial charge in [-0.05, 0) is 37.8 Å². The average Bonchev–Trinajstić information content (AvgIpc) is 3.44. The van der Waals surface area contributed by atoms with Gasteiger partial charge in [-0.3, -0.25) is 4.79 Å². The zero-order valence-electron chi connectivity index (χ0n) is 23.1.